The lowest BCUT2D eigenvalue weighted by Crippen LogP contribution is -2.09. The molecule has 26 heavy (non-hydrogen) atoms. The molecule has 0 atom stereocenters. The predicted molar refractivity (Wildman–Crippen MR) is 106 cm³/mol. The van der Waals surface area contributed by atoms with Crippen LogP contribution in [0, 0.1) is 0 Å². The van der Waals surface area contributed by atoms with Crippen LogP contribution in [0.4, 0.5) is 5.13 Å². The van der Waals surface area contributed by atoms with Crippen LogP contribution in [0.2, 0.25) is 0 Å². The minimum atomic E-state index is -0.181. The van der Waals surface area contributed by atoms with Gasteiger partial charge in [-0.3, -0.25) is 14.5 Å². The molecule has 0 aliphatic rings. The summed E-state index contributed by atoms with van der Waals surface area (Å²) in [4.78, 5) is 19.5. The summed E-state index contributed by atoms with van der Waals surface area (Å²) >= 11 is 4.36. The topological polar surface area (TPSA) is 72.2 Å². The first-order valence-electron chi connectivity index (χ1n) is 7.79. The van der Waals surface area contributed by atoms with E-state index >= 15 is 0 Å². The van der Waals surface area contributed by atoms with Crippen molar-refractivity contribution in [3.8, 4) is 0 Å². The van der Waals surface area contributed by atoms with Gasteiger partial charge in [-0.1, -0.05) is 41.7 Å². The number of carbonyl (C=O) groups excluding carboxylic acids is 1. The van der Waals surface area contributed by atoms with Gasteiger partial charge in [-0.2, -0.15) is 0 Å². The number of aromatic nitrogens is 4. The van der Waals surface area contributed by atoms with Crippen LogP contribution in [0.5, 0.6) is 0 Å². The largest absolute Gasteiger partial charge is 0.296 e. The van der Waals surface area contributed by atoms with E-state index in [1.807, 2.05) is 52.4 Å². The average molecular weight is 398 g/mol. The number of amides is 1. The monoisotopic (exact) mass is 397 g/mol. The predicted octanol–water partition coefficient (Wildman–Crippen LogP) is 4.31. The Morgan fingerprint density at radius 2 is 2.04 bits per heavy atom. The van der Waals surface area contributed by atoms with Crippen LogP contribution < -0.4 is 5.32 Å². The van der Waals surface area contributed by atoms with E-state index in [0.717, 1.165) is 20.3 Å². The highest BCUT2D eigenvalue weighted by atomic mass is 32.1. The fourth-order valence-corrected chi connectivity index (χ4v) is 5.13. The number of carbonyl (C=O) groups is 1. The number of benzene rings is 1. The molecule has 1 aromatic carbocycles. The van der Waals surface area contributed by atoms with Crippen molar-refractivity contribution in [2.45, 2.75) is 6.42 Å². The Bertz CT molecular complexity index is 1220. The zero-order valence-electron chi connectivity index (χ0n) is 13.2. The standard InChI is InChI=1S/C17H11N5OS3/c23-14(12-9-11-15(25-12)19-17-22(11)6-7-24-17)18-16-21-20-13(26-16)8-10-4-2-1-3-5-10/h1-7,9H,8H2,(H,18,21,23). The van der Waals surface area contributed by atoms with Crippen molar-refractivity contribution in [2.75, 3.05) is 5.32 Å². The van der Waals surface area contributed by atoms with E-state index in [1.54, 1.807) is 11.3 Å². The second kappa shape index (κ2) is 6.27. The lowest BCUT2D eigenvalue weighted by atomic mass is 10.2. The molecule has 0 aliphatic carbocycles. The molecule has 5 rings (SSSR count). The van der Waals surface area contributed by atoms with E-state index in [1.165, 1.54) is 28.2 Å². The number of imidazole rings is 1. The Morgan fingerprint density at radius 3 is 2.92 bits per heavy atom. The van der Waals surface area contributed by atoms with Crippen LogP contribution in [0.3, 0.4) is 0 Å². The molecule has 128 valence electrons. The molecule has 9 heteroatoms. The van der Waals surface area contributed by atoms with E-state index in [4.69, 9.17) is 0 Å². The SMILES string of the molecule is O=C(Nc1nnc(Cc2ccccc2)s1)c1cc2c(nc3sccn32)s1. The van der Waals surface area contributed by atoms with Gasteiger partial charge < -0.3 is 0 Å². The van der Waals surface area contributed by atoms with Gasteiger partial charge in [0.1, 0.15) is 9.84 Å². The Hall–Kier alpha value is -2.62. The summed E-state index contributed by atoms with van der Waals surface area (Å²) in [5.41, 5.74) is 2.12. The van der Waals surface area contributed by atoms with Gasteiger partial charge in [0.05, 0.1) is 10.4 Å². The number of nitrogens with one attached hydrogen (secondary N) is 1. The molecule has 0 aliphatic heterocycles. The smallest absolute Gasteiger partial charge is 0.267 e. The van der Waals surface area contributed by atoms with Crippen LogP contribution in [-0.2, 0) is 6.42 Å². The van der Waals surface area contributed by atoms with E-state index in [9.17, 15) is 4.79 Å². The summed E-state index contributed by atoms with van der Waals surface area (Å²) in [5, 5.41) is 14.4. The summed E-state index contributed by atoms with van der Waals surface area (Å²) in [6, 6.07) is 11.9. The van der Waals surface area contributed by atoms with Crippen molar-refractivity contribution in [1.82, 2.24) is 19.6 Å². The number of fused-ring (bicyclic) bond motifs is 3. The van der Waals surface area contributed by atoms with Crippen molar-refractivity contribution in [3.05, 3.63) is 63.4 Å². The van der Waals surface area contributed by atoms with Crippen molar-refractivity contribution in [3.63, 3.8) is 0 Å². The third kappa shape index (κ3) is 2.79. The summed E-state index contributed by atoms with van der Waals surface area (Å²) in [5.74, 6) is -0.181. The molecule has 1 N–H and O–H groups in total. The number of thiophene rings is 1. The molecule has 4 aromatic heterocycles. The first-order chi connectivity index (χ1) is 12.8. The van der Waals surface area contributed by atoms with Crippen LogP contribution >= 0.6 is 34.0 Å². The molecule has 0 radical (unpaired) electrons. The fraction of sp³-hybridized carbons (Fsp3) is 0.0588. The molecule has 5 aromatic rings. The quantitative estimate of drug-likeness (QED) is 0.491. The molecule has 0 saturated heterocycles. The van der Waals surface area contributed by atoms with Crippen LogP contribution in [0.1, 0.15) is 20.2 Å². The second-order valence-corrected chi connectivity index (χ2v) is 8.55. The zero-order chi connectivity index (χ0) is 17.5. The molecular weight excluding hydrogens is 386 g/mol. The Balaban J connectivity index is 1.34. The van der Waals surface area contributed by atoms with Crippen molar-refractivity contribution >= 4 is 60.4 Å². The molecule has 1 amide bonds. The van der Waals surface area contributed by atoms with Crippen LogP contribution in [-0.4, -0.2) is 25.5 Å². The molecule has 4 heterocycles. The minimum absolute atomic E-state index is 0.181. The number of hydrogen-bond acceptors (Lipinski definition) is 7. The van der Waals surface area contributed by atoms with Gasteiger partial charge in [0, 0.05) is 18.0 Å². The van der Waals surface area contributed by atoms with E-state index in [-0.39, 0.29) is 5.91 Å². The van der Waals surface area contributed by atoms with Gasteiger partial charge in [0.15, 0.2) is 4.96 Å². The van der Waals surface area contributed by atoms with Crippen molar-refractivity contribution in [1.29, 1.82) is 0 Å². The first kappa shape index (κ1) is 15.6. The Labute approximate surface area is 159 Å². The number of anilines is 1. The molecule has 0 bridgehead atoms. The number of rotatable bonds is 4. The fourth-order valence-electron chi connectivity index (χ4n) is 2.66. The maximum atomic E-state index is 12.5. The van der Waals surface area contributed by atoms with Gasteiger partial charge in [-0.05, 0) is 11.6 Å². The Morgan fingerprint density at radius 1 is 1.15 bits per heavy atom. The Kier molecular flexibility index (Phi) is 3.77. The summed E-state index contributed by atoms with van der Waals surface area (Å²) in [6.07, 6.45) is 2.67. The minimum Gasteiger partial charge on any atom is -0.296 e. The van der Waals surface area contributed by atoms with Gasteiger partial charge in [0.2, 0.25) is 5.13 Å². The lowest BCUT2D eigenvalue weighted by molar-refractivity contribution is 0.103. The van der Waals surface area contributed by atoms with Gasteiger partial charge in [0.25, 0.3) is 5.91 Å². The molecule has 6 nitrogen and oxygen atoms in total. The maximum absolute atomic E-state index is 12.5. The highest BCUT2D eigenvalue weighted by Crippen LogP contribution is 2.29. The van der Waals surface area contributed by atoms with E-state index in [2.05, 4.69) is 20.5 Å². The molecule has 0 spiro atoms. The number of hydrogen-bond donors (Lipinski definition) is 1. The van der Waals surface area contributed by atoms with Gasteiger partial charge in [-0.15, -0.1) is 32.9 Å². The highest BCUT2D eigenvalue weighted by Gasteiger charge is 2.16. The molecule has 0 saturated carbocycles. The molecular formula is C17H11N5OS3. The molecule has 0 unspecified atom stereocenters. The van der Waals surface area contributed by atoms with Gasteiger partial charge >= 0.3 is 0 Å². The van der Waals surface area contributed by atoms with Crippen LogP contribution in [0.25, 0.3) is 15.3 Å². The van der Waals surface area contributed by atoms with Crippen molar-refractivity contribution < 1.29 is 4.79 Å². The summed E-state index contributed by atoms with van der Waals surface area (Å²) < 4.78 is 2.00. The lowest BCUT2D eigenvalue weighted by Gasteiger charge is -1.97. The van der Waals surface area contributed by atoms with Gasteiger partial charge in [-0.25, -0.2) is 4.98 Å². The number of nitrogens with zero attached hydrogens (tertiary/aromatic N) is 4. The number of thiazole rings is 1. The summed E-state index contributed by atoms with van der Waals surface area (Å²) in [6.45, 7) is 0. The van der Waals surface area contributed by atoms with E-state index in [0.29, 0.717) is 16.4 Å². The maximum Gasteiger partial charge on any atom is 0.267 e. The third-order valence-corrected chi connectivity index (χ3v) is 6.46. The van der Waals surface area contributed by atoms with Crippen molar-refractivity contribution in [2.24, 2.45) is 0 Å². The van der Waals surface area contributed by atoms with Crippen LogP contribution in [0.15, 0.2) is 48.0 Å². The normalized spacial score (nSPS) is 11.4. The average Bonchev–Trinajstić information content (AvgIpc) is 3.38. The highest BCUT2D eigenvalue weighted by molar-refractivity contribution is 7.21. The third-order valence-electron chi connectivity index (χ3n) is 3.85. The zero-order valence-corrected chi connectivity index (χ0v) is 15.7. The van der Waals surface area contributed by atoms with E-state index < -0.39 is 0 Å². The first-order valence-corrected chi connectivity index (χ1v) is 10.3. The second-order valence-electron chi connectivity index (χ2n) is 5.59. The molecule has 0 fully saturated rings. The summed E-state index contributed by atoms with van der Waals surface area (Å²) in [7, 11) is 0.